The van der Waals surface area contributed by atoms with Crippen LogP contribution in [0.4, 0.5) is 0 Å². The minimum Gasteiger partial charge on any atom is -0.508 e. The number of phenolic OH excluding ortho intramolecular Hbond substituents is 1. The highest BCUT2D eigenvalue weighted by atomic mass is 35.5. The van der Waals surface area contributed by atoms with E-state index in [0.29, 0.717) is 0 Å². The molecular weight excluding hydrogens is 452 g/mol. The predicted molar refractivity (Wildman–Crippen MR) is 119 cm³/mol. The summed E-state index contributed by atoms with van der Waals surface area (Å²) in [6.45, 7) is 4.87. The molecule has 0 heterocycles. The lowest BCUT2D eigenvalue weighted by Crippen LogP contribution is -2.66. The zero-order valence-corrected chi connectivity index (χ0v) is 19.0. The van der Waals surface area contributed by atoms with Gasteiger partial charge in [-0.3, -0.25) is 14.5 Å². The van der Waals surface area contributed by atoms with E-state index in [1.807, 2.05) is 0 Å². The highest BCUT2D eigenvalue weighted by molar-refractivity contribution is 6.32. The summed E-state index contributed by atoms with van der Waals surface area (Å²) in [6, 6.07) is 1.46. The number of fused-ring (bicyclic) bond motifs is 3. The summed E-state index contributed by atoms with van der Waals surface area (Å²) in [4.78, 5) is 28.5. The third-order valence-electron chi connectivity index (χ3n) is 7.15. The first-order chi connectivity index (χ1) is 15.2. The van der Waals surface area contributed by atoms with Crippen molar-refractivity contribution in [3.63, 3.8) is 0 Å². The van der Waals surface area contributed by atoms with Gasteiger partial charge in [0, 0.05) is 33.7 Å². The number of carbonyl (C=O) groups is 2. The van der Waals surface area contributed by atoms with Crippen molar-refractivity contribution < 1.29 is 35.1 Å². The summed E-state index contributed by atoms with van der Waals surface area (Å²) in [5.41, 5.74) is -0.160. The van der Waals surface area contributed by atoms with Gasteiger partial charge in [0.1, 0.15) is 17.3 Å². The quantitative estimate of drug-likeness (QED) is 0.368. The number of hydrogen-bond donors (Lipinski definition) is 6. The lowest BCUT2D eigenvalue weighted by Gasteiger charge is -2.53. The smallest absolute Gasteiger partial charge is 0.202 e. The number of phenols is 1. The van der Waals surface area contributed by atoms with Crippen LogP contribution in [-0.4, -0.2) is 67.7 Å². The topological polar surface area (TPSA) is 165 Å². The fraction of sp³-hybridized carbons (Fsp3) is 0.391. The normalized spacial score (nSPS) is 33.7. The zero-order valence-electron chi connectivity index (χ0n) is 18.3. The Bertz CT molecular complexity index is 1200. The molecule has 0 aromatic heterocycles. The maximum absolute atomic E-state index is 13.8. The number of aromatic hydroxyl groups is 1. The van der Waals surface area contributed by atoms with Gasteiger partial charge in [0.2, 0.25) is 5.78 Å². The van der Waals surface area contributed by atoms with Crippen molar-refractivity contribution in [3.8, 4) is 5.75 Å². The maximum atomic E-state index is 13.8. The molecule has 0 spiro atoms. The molecule has 0 radical (unpaired) electrons. The molecule has 3 unspecified atom stereocenters. The summed E-state index contributed by atoms with van der Waals surface area (Å²) in [7, 11) is 3.14. The number of aliphatic hydroxyl groups is 4. The number of aliphatic hydroxyl groups excluding tert-OH is 2. The fourth-order valence-corrected chi connectivity index (χ4v) is 6.00. The first-order valence-electron chi connectivity index (χ1n) is 10.2. The van der Waals surface area contributed by atoms with E-state index in [-0.39, 0.29) is 33.8 Å². The number of benzene rings is 1. The molecule has 10 heteroatoms. The Morgan fingerprint density at radius 2 is 1.82 bits per heavy atom. The van der Waals surface area contributed by atoms with E-state index in [0.717, 1.165) is 0 Å². The SMILES string of the molecule is C=C(N)C1=C(O)[C@@]2(O)C(=O)C3=C(O)c4c(O)ccc(Cl)c4[C@](C)(O)C3CC2C(N(C)C)C1=O. The molecule has 7 N–H and O–H groups in total. The number of carbonyl (C=O) groups excluding carboxylic acids is 2. The molecule has 1 aromatic carbocycles. The number of likely N-dealkylation sites (N-methyl/N-ethyl adjacent to an activating group) is 1. The van der Waals surface area contributed by atoms with Crippen LogP contribution in [0, 0.1) is 11.8 Å². The molecule has 33 heavy (non-hydrogen) atoms. The standard InChI is InChI=1S/C23H25ClN2O7/c1-8(25)13-19(29)17(26(3)4)10-7-9-14(21(31)23(10,33)20(13)30)18(28)15-12(27)6-5-11(24)16(15)22(9,2)32/h5-6,9-10,17,27-28,30,32-33H,1,7,25H2,2-4H3/t9?,10?,17?,22-,23-/m1/s1. The Hall–Kier alpha value is -2.85. The van der Waals surface area contributed by atoms with Crippen molar-refractivity contribution in [1.29, 1.82) is 0 Å². The van der Waals surface area contributed by atoms with Crippen molar-refractivity contribution in [2.24, 2.45) is 17.6 Å². The molecule has 1 fully saturated rings. The van der Waals surface area contributed by atoms with Gasteiger partial charge in [0.05, 0.1) is 22.8 Å². The number of Topliss-reactive ketones (excluding diaryl/α,β-unsaturated/α-hetero) is 2. The number of hydrogen-bond acceptors (Lipinski definition) is 9. The third kappa shape index (κ3) is 2.77. The van der Waals surface area contributed by atoms with Gasteiger partial charge in [0.25, 0.3) is 0 Å². The largest absolute Gasteiger partial charge is 0.508 e. The van der Waals surface area contributed by atoms with E-state index in [1.54, 1.807) is 14.1 Å². The summed E-state index contributed by atoms with van der Waals surface area (Å²) in [5.74, 6) is -6.09. The first-order valence-corrected chi connectivity index (χ1v) is 10.6. The van der Waals surface area contributed by atoms with Gasteiger partial charge in [-0.2, -0.15) is 0 Å². The monoisotopic (exact) mass is 476 g/mol. The molecule has 5 atom stereocenters. The highest BCUT2D eigenvalue weighted by Crippen LogP contribution is 2.58. The Labute approximate surface area is 194 Å². The van der Waals surface area contributed by atoms with E-state index >= 15 is 0 Å². The Balaban J connectivity index is 2.07. The second-order valence-electron chi connectivity index (χ2n) is 9.24. The summed E-state index contributed by atoms with van der Waals surface area (Å²) >= 11 is 6.30. The van der Waals surface area contributed by atoms with Crippen LogP contribution in [-0.2, 0) is 15.2 Å². The van der Waals surface area contributed by atoms with Crippen LogP contribution in [0.1, 0.15) is 24.5 Å². The molecule has 3 aliphatic rings. The third-order valence-corrected chi connectivity index (χ3v) is 7.46. The van der Waals surface area contributed by atoms with Gasteiger partial charge in [-0.05, 0) is 39.6 Å². The van der Waals surface area contributed by atoms with Crippen LogP contribution in [0.15, 0.2) is 41.3 Å². The molecule has 1 aromatic rings. The van der Waals surface area contributed by atoms with Crippen LogP contribution in [0.2, 0.25) is 5.02 Å². The lowest BCUT2D eigenvalue weighted by molar-refractivity contribution is -0.158. The van der Waals surface area contributed by atoms with Gasteiger partial charge >= 0.3 is 0 Å². The average molecular weight is 477 g/mol. The van der Waals surface area contributed by atoms with Crippen LogP contribution < -0.4 is 5.73 Å². The van der Waals surface area contributed by atoms with Crippen molar-refractivity contribution >= 4 is 28.9 Å². The van der Waals surface area contributed by atoms with Crippen molar-refractivity contribution in [3.05, 3.63) is 57.5 Å². The average Bonchev–Trinajstić information content (AvgIpc) is 2.69. The maximum Gasteiger partial charge on any atom is 0.202 e. The number of ketones is 2. The molecule has 0 bridgehead atoms. The number of nitrogens with two attached hydrogens (primary N) is 1. The summed E-state index contributed by atoms with van der Waals surface area (Å²) in [6.07, 6.45) is -0.178. The number of allylic oxidation sites excluding steroid dienone is 1. The molecule has 0 saturated heterocycles. The van der Waals surface area contributed by atoms with E-state index in [1.165, 1.54) is 24.0 Å². The van der Waals surface area contributed by atoms with Crippen LogP contribution in [0.25, 0.3) is 5.76 Å². The van der Waals surface area contributed by atoms with Crippen LogP contribution in [0.5, 0.6) is 5.75 Å². The predicted octanol–water partition coefficient (Wildman–Crippen LogP) is 1.27. The molecule has 176 valence electrons. The first kappa shape index (κ1) is 23.3. The van der Waals surface area contributed by atoms with E-state index in [4.69, 9.17) is 17.3 Å². The van der Waals surface area contributed by atoms with Crippen molar-refractivity contribution in [1.82, 2.24) is 4.90 Å². The van der Waals surface area contributed by atoms with Crippen LogP contribution >= 0.6 is 11.6 Å². The summed E-state index contributed by atoms with van der Waals surface area (Å²) in [5, 5.41) is 55.6. The Morgan fingerprint density at radius 3 is 2.36 bits per heavy atom. The van der Waals surface area contributed by atoms with E-state index in [2.05, 4.69) is 6.58 Å². The lowest BCUT2D eigenvalue weighted by atomic mass is 9.54. The second kappa shape index (κ2) is 7.07. The zero-order chi connectivity index (χ0) is 24.8. The van der Waals surface area contributed by atoms with E-state index < -0.39 is 63.5 Å². The minimum atomic E-state index is -2.62. The number of rotatable bonds is 2. The molecular formula is C23H25ClN2O7. The van der Waals surface area contributed by atoms with Gasteiger partial charge in [0.15, 0.2) is 11.4 Å². The number of halogens is 1. The molecule has 1 saturated carbocycles. The highest BCUT2D eigenvalue weighted by Gasteiger charge is 2.66. The number of nitrogens with zero attached hydrogens (tertiary/aromatic N) is 1. The van der Waals surface area contributed by atoms with Gasteiger partial charge < -0.3 is 31.3 Å². The summed E-state index contributed by atoms with van der Waals surface area (Å²) < 4.78 is 0. The fourth-order valence-electron chi connectivity index (χ4n) is 5.65. The Kier molecular flexibility index (Phi) is 5.00. The Morgan fingerprint density at radius 1 is 1.21 bits per heavy atom. The second-order valence-corrected chi connectivity index (χ2v) is 9.65. The van der Waals surface area contributed by atoms with Gasteiger partial charge in [-0.25, -0.2) is 0 Å². The van der Waals surface area contributed by atoms with Crippen LogP contribution in [0.3, 0.4) is 0 Å². The molecule has 9 nitrogen and oxygen atoms in total. The molecule has 3 aliphatic carbocycles. The van der Waals surface area contributed by atoms with Crippen molar-refractivity contribution in [2.45, 2.75) is 30.6 Å². The van der Waals surface area contributed by atoms with Gasteiger partial charge in [-0.1, -0.05) is 18.2 Å². The molecule has 4 rings (SSSR count). The molecule has 0 aliphatic heterocycles. The minimum absolute atomic E-state index is 0.0213. The van der Waals surface area contributed by atoms with Crippen molar-refractivity contribution in [2.75, 3.05) is 14.1 Å². The molecule has 0 amide bonds. The van der Waals surface area contributed by atoms with E-state index in [9.17, 15) is 35.1 Å². The van der Waals surface area contributed by atoms with Gasteiger partial charge in [-0.15, -0.1) is 0 Å².